The molecule has 0 radical (unpaired) electrons. The molecule has 0 aliphatic carbocycles. The molecule has 1 aromatic rings. The van der Waals surface area contributed by atoms with Gasteiger partial charge in [-0.05, 0) is 19.1 Å². The third-order valence-corrected chi connectivity index (χ3v) is 2.76. The van der Waals surface area contributed by atoms with Crippen molar-refractivity contribution in [3.63, 3.8) is 0 Å². The lowest BCUT2D eigenvalue weighted by Gasteiger charge is -2.23. The Morgan fingerprint density at radius 3 is 2.21 bits per heavy atom. The molecule has 1 aromatic carbocycles. The summed E-state index contributed by atoms with van der Waals surface area (Å²) >= 11 is 0. The van der Waals surface area contributed by atoms with Gasteiger partial charge in [0.2, 0.25) is 0 Å². The number of rotatable bonds is 9. The predicted octanol–water partition coefficient (Wildman–Crippen LogP) is 0.0213. The Hall–Kier alpha value is -1.14. The highest BCUT2D eigenvalue weighted by Gasteiger charge is 2.11. The van der Waals surface area contributed by atoms with Gasteiger partial charge in [-0.1, -0.05) is 17.7 Å². The van der Waals surface area contributed by atoms with Crippen molar-refractivity contribution in [3.05, 3.63) is 29.8 Å². The van der Waals surface area contributed by atoms with Crippen molar-refractivity contribution < 1.29 is 20.1 Å². The third kappa shape index (κ3) is 6.54. The summed E-state index contributed by atoms with van der Waals surface area (Å²) in [5.74, 6) is 0.723. The highest BCUT2D eigenvalue weighted by atomic mass is 16.5. The second-order valence-electron chi connectivity index (χ2n) is 4.53. The summed E-state index contributed by atoms with van der Waals surface area (Å²) in [5.41, 5.74) is 1.16. The lowest BCUT2D eigenvalue weighted by molar-refractivity contribution is 0.0552. The second-order valence-corrected chi connectivity index (χ2v) is 4.53. The van der Waals surface area contributed by atoms with Crippen LogP contribution >= 0.6 is 0 Å². The molecule has 0 aliphatic rings. The molecule has 0 amide bonds. The van der Waals surface area contributed by atoms with Crippen LogP contribution in [0.1, 0.15) is 5.56 Å². The minimum absolute atomic E-state index is 0.00550. The largest absolute Gasteiger partial charge is 0.491 e. The number of aliphatic hydroxyl groups is 3. The van der Waals surface area contributed by atoms with Crippen molar-refractivity contribution in [3.8, 4) is 5.75 Å². The molecule has 0 saturated carbocycles. The zero-order chi connectivity index (χ0) is 14.1. The van der Waals surface area contributed by atoms with Crippen LogP contribution in [0.4, 0.5) is 0 Å². The number of benzene rings is 1. The van der Waals surface area contributed by atoms with Crippen LogP contribution in [-0.2, 0) is 0 Å². The maximum absolute atomic E-state index is 9.86. The molecular weight excluding hydrogens is 246 g/mol. The van der Waals surface area contributed by atoms with Gasteiger partial charge in [0.25, 0.3) is 0 Å². The first-order valence-corrected chi connectivity index (χ1v) is 6.47. The fraction of sp³-hybridized carbons (Fsp3) is 0.571. The molecule has 0 fully saturated rings. The second kappa shape index (κ2) is 8.87. The Kier molecular flexibility index (Phi) is 7.43. The van der Waals surface area contributed by atoms with Crippen LogP contribution in [0.15, 0.2) is 24.3 Å². The third-order valence-electron chi connectivity index (χ3n) is 2.76. The number of aryl methyl sites for hydroxylation is 1. The molecule has 0 heterocycles. The van der Waals surface area contributed by atoms with Gasteiger partial charge in [-0.2, -0.15) is 0 Å². The van der Waals surface area contributed by atoms with Crippen LogP contribution in [0.5, 0.6) is 5.75 Å². The van der Waals surface area contributed by atoms with E-state index in [1.807, 2.05) is 31.2 Å². The van der Waals surface area contributed by atoms with E-state index in [0.717, 1.165) is 11.3 Å². The molecule has 0 bridgehead atoms. The highest BCUT2D eigenvalue weighted by Crippen LogP contribution is 2.11. The van der Waals surface area contributed by atoms with Gasteiger partial charge < -0.3 is 20.1 Å². The molecule has 0 unspecified atom stereocenters. The van der Waals surface area contributed by atoms with E-state index in [4.69, 9.17) is 14.9 Å². The van der Waals surface area contributed by atoms with Gasteiger partial charge in [0.05, 0.1) is 13.2 Å². The molecule has 0 aliphatic heterocycles. The van der Waals surface area contributed by atoms with Crippen LogP contribution in [0.25, 0.3) is 0 Å². The number of ether oxygens (including phenoxy) is 1. The first-order valence-electron chi connectivity index (χ1n) is 6.47. The van der Waals surface area contributed by atoms with E-state index < -0.39 is 6.10 Å². The topological polar surface area (TPSA) is 73.2 Å². The highest BCUT2D eigenvalue weighted by molar-refractivity contribution is 5.26. The van der Waals surface area contributed by atoms with Crippen LogP contribution in [-0.4, -0.2) is 65.8 Å². The number of nitrogens with zero attached hydrogens (tertiary/aromatic N) is 1. The van der Waals surface area contributed by atoms with E-state index in [0.29, 0.717) is 19.6 Å². The Labute approximate surface area is 114 Å². The van der Waals surface area contributed by atoms with Crippen molar-refractivity contribution in [1.82, 2.24) is 4.90 Å². The Morgan fingerprint density at radius 2 is 1.68 bits per heavy atom. The molecular formula is C14H23NO4. The predicted molar refractivity (Wildman–Crippen MR) is 73.3 cm³/mol. The van der Waals surface area contributed by atoms with Gasteiger partial charge in [-0.3, -0.25) is 4.90 Å². The molecule has 0 aromatic heterocycles. The smallest absolute Gasteiger partial charge is 0.119 e. The van der Waals surface area contributed by atoms with E-state index in [2.05, 4.69) is 0 Å². The van der Waals surface area contributed by atoms with Crippen molar-refractivity contribution >= 4 is 0 Å². The normalized spacial score (nSPS) is 12.7. The van der Waals surface area contributed by atoms with Crippen molar-refractivity contribution in [2.24, 2.45) is 0 Å². The molecule has 3 N–H and O–H groups in total. The summed E-state index contributed by atoms with van der Waals surface area (Å²) < 4.78 is 5.48. The van der Waals surface area contributed by atoms with Gasteiger partial charge >= 0.3 is 0 Å². The quantitative estimate of drug-likeness (QED) is 0.589. The Bertz CT molecular complexity index is 336. The maximum atomic E-state index is 9.86. The average Bonchev–Trinajstić information content (AvgIpc) is 2.39. The molecule has 1 atom stereocenters. The standard InChI is InChI=1S/C14H23NO4/c1-12-2-4-14(5-3-12)19-11-13(18)10-15(6-8-16)7-9-17/h2-5,13,16-18H,6-11H2,1H3/t13-/m0/s1. The first-order chi connectivity index (χ1) is 9.15. The lowest BCUT2D eigenvalue weighted by atomic mass is 10.2. The summed E-state index contributed by atoms with van der Waals surface area (Å²) in [5, 5.41) is 27.6. The Morgan fingerprint density at radius 1 is 1.11 bits per heavy atom. The Balaban J connectivity index is 2.33. The average molecular weight is 269 g/mol. The maximum Gasteiger partial charge on any atom is 0.119 e. The van der Waals surface area contributed by atoms with Crippen LogP contribution in [0, 0.1) is 6.92 Å². The molecule has 0 spiro atoms. The first kappa shape index (κ1) is 15.9. The summed E-state index contributed by atoms with van der Waals surface area (Å²) in [7, 11) is 0. The van der Waals surface area contributed by atoms with Crippen molar-refractivity contribution in [1.29, 1.82) is 0 Å². The van der Waals surface area contributed by atoms with Crippen LogP contribution < -0.4 is 4.74 Å². The van der Waals surface area contributed by atoms with Gasteiger partial charge in [-0.15, -0.1) is 0 Å². The fourth-order valence-electron chi connectivity index (χ4n) is 1.75. The summed E-state index contributed by atoms with van der Waals surface area (Å²) in [6, 6.07) is 7.62. The molecule has 5 nitrogen and oxygen atoms in total. The minimum Gasteiger partial charge on any atom is -0.491 e. The van der Waals surface area contributed by atoms with E-state index in [-0.39, 0.29) is 19.8 Å². The molecule has 108 valence electrons. The van der Waals surface area contributed by atoms with Crippen LogP contribution in [0.2, 0.25) is 0 Å². The van der Waals surface area contributed by atoms with E-state index >= 15 is 0 Å². The molecule has 1 rings (SSSR count). The molecule has 0 saturated heterocycles. The fourth-order valence-corrected chi connectivity index (χ4v) is 1.75. The SMILES string of the molecule is Cc1ccc(OC[C@@H](O)CN(CCO)CCO)cc1. The van der Waals surface area contributed by atoms with E-state index in [9.17, 15) is 5.11 Å². The van der Waals surface area contributed by atoms with Crippen molar-refractivity contribution in [2.45, 2.75) is 13.0 Å². The number of aliphatic hydroxyl groups excluding tert-OH is 3. The summed E-state index contributed by atoms with van der Waals surface area (Å²) in [6.45, 7) is 3.44. The van der Waals surface area contributed by atoms with Gasteiger partial charge in [-0.25, -0.2) is 0 Å². The monoisotopic (exact) mass is 269 g/mol. The van der Waals surface area contributed by atoms with Crippen LogP contribution in [0.3, 0.4) is 0 Å². The summed E-state index contributed by atoms with van der Waals surface area (Å²) in [4.78, 5) is 1.79. The van der Waals surface area contributed by atoms with Gasteiger partial charge in [0.15, 0.2) is 0 Å². The lowest BCUT2D eigenvalue weighted by Crippen LogP contribution is -2.38. The summed E-state index contributed by atoms with van der Waals surface area (Å²) in [6.07, 6.45) is -0.653. The zero-order valence-corrected chi connectivity index (χ0v) is 11.3. The van der Waals surface area contributed by atoms with Crippen molar-refractivity contribution in [2.75, 3.05) is 39.5 Å². The minimum atomic E-state index is -0.653. The number of hydrogen-bond acceptors (Lipinski definition) is 5. The number of hydrogen-bond donors (Lipinski definition) is 3. The van der Waals surface area contributed by atoms with Gasteiger partial charge in [0.1, 0.15) is 18.5 Å². The molecule has 19 heavy (non-hydrogen) atoms. The van der Waals surface area contributed by atoms with E-state index in [1.54, 1.807) is 4.90 Å². The molecule has 5 heteroatoms. The van der Waals surface area contributed by atoms with E-state index in [1.165, 1.54) is 0 Å². The zero-order valence-electron chi connectivity index (χ0n) is 11.3. The van der Waals surface area contributed by atoms with Gasteiger partial charge in [0, 0.05) is 19.6 Å².